The normalized spacial score (nSPS) is 14.8. The van der Waals surface area contributed by atoms with Crippen LogP contribution >= 0.6 is 0 Å². The zero-order valence-electron chi connectivity index (χ0n) is 15.9. The van der Waals surface area contributed by atoms with Gasteiger partial charge >= 0.3 is 0 Å². The Labute approximate surface area is 161 Å². The summed E-state index contributed by atoms with van der Waals surface area (Å²) in [6.45, 7) is 2.57. The van der Waals surface area contributed by atoms with E-state index in [1.165, 1.54) is 5.56 Å². The van der Waals surface area contributed by atoms with Crippen molar-refractivity contribution in [1.29, 1.82) is 0 Å². The summed E-state index contributed by atoms with van der Waals surface area (Å²) in [4.78, 5) is 16.7. The molecule has 5 heteroatoms. The third kappa shape index (κ3) is 5.53. The number of benzene rings is 2. The zero-order chi connectivity index (χ0) is 19.1. The Morgan fingerprint density at radius 3 is 2.52 bits per heavy atom. The molecule has 1 aliphatic rings. The van der Waals surface area contributed by atoms with E-state index in [-0.39, 0.29) is 5.91 Å². The maximum absolute atomic E-state index is 12.3. The first-order chi connectivity index (χ1) is 13.1. The van der Waals surface area contributed by atoms with E-state index in [9.17, 15) is 4.79 Å². The Hall–Kier alpha value is -2.92. The summed E-state index contributed by atoms with van der Waals surface area (Å²) in [6, 6.07) is 18.4. The Bertz CT molecular complexity index is 810. The van der Waals surface area contributed by atoms with Crippen LogP contribution in [0.15, 0.2) is 71.3 Å². The van der Waals surface area contributed by atoms with Gasteiger partial charge in [0, 0.05) is 45.0 Å². The Balaban J connectivity index is 1.48. The fraction of sp³-hybridized carbons (Fsp3) is 0.273. The molecule has 0 saturated carbocycles. The molecule has 140 valence electrons. The van der Waals surface area contributed by atoms with Gasteiger partial charge in [0.2, 0.25) is 0 Å². The molecule has 0 radical (unpaired) electrons. The van der Waals surface area contributed by atoms with Crippen LogP contribution in [0.5, 0.6) is 0 Å². The fourth-order valence-corrected chi connectivity index (χ4v) is 3.00. The Morgan fingerprint density at radius 2 is 1.89 bits per heavy atom. The Morgan fingerprint density at radius 1 is 1.15 bits per heavy atom. The number of nitrogens with one attached hydrogen (secondary N) is 1. The molecule has 2 aromatic rings. The molecule has 5 nitrogen and oxygen atoms in total. The lowest BCUT2D eigenvalue weighted by Crippen LogP contribution is -2.32. The molecule has 0 atom stereocenters. The van der Waals surface area contributed by atoms with E-state index in [0.29, 0.717) is 0 Å². The van der Waals surface area contributed by atoms with E-state index in [0.717, 1.165) is 42.9 Å². The topological polar surface area (TPSA) is 47.9 Å². The third-order valence-corrected chi connectivity index (χ3v) is 4.62. The predicted molar refractivity (Wildman–Crippen MR) is 111 cm³/mol. The van der Waals surface area contributed by atoms with Crippen molar-refractivity contribution in [1.82, 2.24) is 10.3 Å². The molecule has 3 rings (SSSR count). The van der Waals surface area contributed by atoms with Crippen LogP contribution in [-0.2, 0) is 11.3 Å². The number of anilines is 1. The molecule has 0 bridgehead atoms. The van der Waals surface area contributed by atoms with Crippen molar-refractivity contribution >= 4 is 17.8 Å². The van der Waals surface area contributed by atoms with Crippen molar-refractivity contribution in [2.75, 3.05) is 32.1 Å². The summed E-state index contributed by atoms with van der Waals surface area (Å²) in [5, 5.41) is 4.09. The highest BCUT2D eigenvalue weighted by Gasteiger charge is 2.16. The average molecular weight is 362 g/mol. The van der Waals surface area contributed by atoms with E-state index in [2.05, 4.69) is 39.7 Å². The third-order valence-electron chi connectivity index (χ3n) is 4.62. The van der Waals surface area contributed by atoms with Crippen LogP contribution in [0.4, 0.5) is 5.69 Å². The van der Waals surface area contributed by atoms with Gasteiger partial charge in [-0.15, -0.1) is 0 Å². The van der Waals surface area contributed by atoms with Gasteiger partial charge in [0.15, 0.2) is 0 Å². The van der Waals surface area contributed by atoms with Gasteiger partial charge in [0.1, 0.15) is 0 Å². The molecule has 0 saturated heterocycles. The molecule has 1 amide bonds. The number of rotatable bonds is 6. The van der Waals surface area contributed by atoms with E-state index >= 15 is 0 Å². The van der Waals surface area contributed by atoms with Crippen LogP contribution < -0.4 is 10.3 Å². The predicted octanol–water partition coefficient (Wildman–Crippen LogP) is 3.04. The first-order valence-electron chi connectivity index (χ1n) is 9.18. The van der Waals surface area contributed by atoms with Crippen molar-refractivity contribution in [3.8, 4) is 0 Å². The summed E-state index contributed by atoms with van der Waals surface area (Å²) in [7, 11) is 4.00. The molecule has 0 aromatic heterocycles. The lowest BCUT2D eigenvalue weighted by Gasteiger charge is -2.25. The standard InChI is InChI=1S/C22H26N4O/c1-25(2)21-10-8-18(9-11-21)16-23-24-22(27)20-12-14-26(15-13-20)17-19-6-4-3-5-7-19/h3-12,16H,13-15,17H2,1-2H3,(H,24,27)/b23-16+. The number of carbonyl (C=O) groups excluding carboxylic acids is 1. The maximum atomic E-state index is 12.3. The van der Waals surface area contributed by atoms with Gasteiger partial charge < -0.3 is 4.90 Å². The molecule has 0 spiro atoms. The lowest BCUT2D eigenvalue weighted by atomic mass is 10.1. The van der Waals surface area contributed by atoms with Crippen molar-refractivity contribution < 1.29 is 4.79 Å². The number of hydrogen-bond donors (Lipinski definition) is 1. The highest BCUT2D eigenvalue weighted by molar-refractivity contribution is 5.94. The highest BCUT2D eigenvalue weighted by atomic mass is 16.2. The first-order valence-corrected chi connectivity index (χ1v) is 9.18. The van der Waals surface area contributed by atoms with E-state index in [1.54, 1.807) is 6.21 Å². The van der Waals surface area contributed by atoms with Gasteiger partial charge in [0.05, 0.1) is 6.21 Å². The SMILES string of the molecule is CN(C)c1ccc(/C=N/NC(=O)C2=CCN(Cc3ccccc3)CC2)cc1. The molecular weight excluding hydrogens is 336 g/mol. The van der Waals surface area contributed by atoms with Crippen molar-refractivity contribution in [3.05, 3.63) is 77.4 Å². The number of hydrazone groups is 1. The van der Waals surface area contributed by atoms with E-state index in [1.807, 2.05) is 55.4 Å². The second-order valence-electron chi connectivity index (χ2n) is 6.89. The number of amides is 1. The lowest BCUT2D eigenvalue weighted by molar-refractivity contribution is -0.117. The fourth-order valence-electron chi connectivity index (χ4n) is 3.00. The van der Waals surface area contributed by atoms with Crippen molar-refractivity contribution in [3.63, 3.8) is 0 Å². The molecule has 0 aliphatic carbocycles. The summed E-state index contributed by atoms with van der Waals surface area (Å²) < 4.78 is 0. The largest absolute Gasteiger partial charge is 0.378 e. The van der Waals surface area contributed by atoms with E-state index in [4.69, 9.17) is 0 Å². The van der Waals surface area contributed by atoms with Crippen LogP contribution in [-0.4, -0.2) is 44.2 Å². The molecule has 2 aromatic carbocycles. The molecule has 1 N–H and O–H groups in total. The first kappa shape index (κ1) is 18.9. The van der Waals surface area contributed by atoms with Crippen LogP contribution in [0.1, 0.15) is 17.5 Å². The van der Waals surface area contributed by atoms with Gasteiger partial charge in [-0.3, -0.25) is 9.69 Å². The van der Waals surface area contributed by atoms with Gasteiger partial charge in [0.25, 0.3) is 5.91 Å². The summed E-state index contributed by atoms with van der Waals surface area (Å²) in [5.41, 5.74) is 6.82. The summed E-state index contributed by atoms with van der Waals surface area (Å²) in [6.07, 6.45) is 4.41. The minimum Gasteiger partial charge on any atom is -0.378 e. The molecule has 0 fully saturated rings. The average Bonchev–Trinajstić information content (AvgIpc) is 2.69. The molecule has 27 heavy (non-hydrogen) atoms. The highest BCUT2D eigenvalue weighted by Crippen LogP contribution is 2.14. The monoisotopic (exact) mass is 362 g/mol. The molecule has 1 aliphatic heterocycles. The second-order valence-corrected chi connectivity index (χ2v) is 6.89. The molecule has 1 heterocycles. The van der Waals surface area contributed by atoms with Gasteiger partial charge in [-0.1, -0.05) is 48.5 Å². The molecular formula is C22H26N4O. The van der Waals surface area contributed by atoms with Crippen molar-refractivity contribution in [2.24, 2.45) is 5.10 Å². The summed E-state index contributed by atoms with van der Waals surface area (Å²) >= 11 is 0. The van der Waals surface area contributed by atoms with Crippen LogP contribution in [0.2, 0.25) is 0 Å². The maximum Gasteiger partial charge on any atom is 0.267 e. The zero-order valence-corrected chi connectivity index (χ0v) is 15.9. The minimum atomic E-state index is -0.115. The second kappa shape index (κ2) is 9.14. The van der Waals surface area contributed by atoms with Gasteiger partial charge in [-0.05, 0) is 29.7 Å². The number of hydrogen-bond acceptors (Lipinski definition) is 4. The minimum absolute atomic E-state index is 0.115. The van der Waals surface area contributed by atoms with E-state index < -0.39 is 0 Å². The van der Waals surface area contributed by atoms with Crippen LogP contribution in [0.25, 0.3) is 0 Å². The van der Waals surface area contributed by atoms with Crippen LogP contribution in [0.3, 0.4) is 0 Å². The smallest absolute Gasteiger partial charge is 0.267 e. The van der Waals surface area contributed by atoms with Crippen LogP contribution in [0, 0.1) is 0 Å². The van der Waals surface area contributed by atoms with Gasteiger partial charge in [-0.2, -0.15) is 5.10 Å². The quantitative estimate of drug-likeness (QED) is 0.635. The van der Waals surface area contributed by atoms with Crippen molar-refractivity contribution in [2.45, 2.75) is 13.0 Å². The molecule has 0 unspecified atom stereocenters. The summed E-state index contributed by atoms with van der Waals surface area (Å²) in [5.74, 6) is -0.115. The number of carbonyl (C=O) groups is 1. The number of nitrogens with zero attached hydrogens (tertiary/aromatic N) is 3. The van der Waals surface area contributed by atoms with Gasteiger partial charge in [-0.25, -0.2) is 5.43 Å². The Kier molecular flexibility index (Phi) is 6.39.